The number of aryl methyl sites for hydroxylation is 1. The summed E-state index contributed by atoms with van der Waals surface area (Å²) in [6, 6.07) is 14.0. The van der Waals surface area contributed by atoms with E-state index in [2.05, 4.69) is 36.1 Å². The van der Waals surface area contributed by atoms with Gasteiger partial charge in [-0.05, 0) is 43.7 Å². The van der Waals surface area contributed by atoms with Gasteiger partial charge in [-0.2, -0.15) is 0 Å². The number of benzene rings is 2. The number of anilines is 1. The first-order valence-electron chi connectivity index (χ1n) is 9.20. The second kappa shape index (κ2) is 8.15. The molecule has 4 nitrogen and oxygen atoms in total. The van der Waals surface area contributed by atoms with E-state index in [4.69, 9.17) is 16.0 Å². The van der Waals surface area contributed by atoms with Crippen LogP contribution in [0.15, 0.2) is 51.7 Å². The van der Waals surface area contributed by atoms with Gasteiger partial charge >= 0.3 is 5.63 Å². The Bertz CT molecular complexity index is 994. The van der Waals surface area contributed by atoms with Gasteiger partial charge in [-0.25, -0.2) is 4.79 Å². The van der Waals surface area contributed by atoms with Crippen LogP contribution in [0.25, 0.3) is 11.0 Å². The van der Waals surface area contributed by atoms with Crippen molar-refractivity contribution in [2.75, 3.05) is 25.5 Å². The first kappa shape index (κ1) is 19.5. The summed E-state index contributed by atoms with van der Waals surface area (Å²) >= 11 is 6.31. The van der Waals surface area contributed by atoms with Crippen LogP contribution in [0.5, 0.6) is 0 Å². The number of nitrogens with zero attached hydrogens (tertiary/aromatic N) is 1. The molecule has 0 saturated carbocycles. The zero-order valence-corrected chi connectivity index (χ0v) is 17.1. The third-order valence-electron chi connectivity index (χ3n) is 4.96. The van der Waals surface area contributed by atoms with Crippen molar-refractivity contribution in [1.82, 2.24) is 0 Å². The fraction of sp³-hybridized carbons (Fsp3) is 0.318. The minimum absolute atomic E-state index is 0.315. The summed E-state index contributed by atoms with van der Waals surface area (Å²) in [5.41, 5.74) is 4.64. The topological polar surface area (TPSA) is 37.9 Å². The van der Waals surface area contributed by atoms with Crippen LogP contribution in [-0.2, 0) is 13.1 Å². The number of nitrogens with one attached hydrogen (secondary N) is 1. The van der Waals surface area contributed by atoms with E-state index in [-0.39, 0.29) is 5.63 Å². The SMILES string of the molecule is CC[NH+](Cc1ccc(N(C)C)cc1)Cc1cc(=O)oc2cc(C)c(Cl)cc12. The quantitative estimate of drug-likeness (QED) is 0.660. The molecule has 0 bridgehead atoms. The second-order valence-electron chi connectivity index (χ2n) is 7.21. The maximum atomic E-state index is 12.0. The Morgan fingerprint density at radius 3 is 2.41 bits per heavy atom. The molecule has 0 aliphatic carbocycles. The molecule has 3 rings (SSSR count). The molecular weight excluding hydrogens is 360 g/mol. The number of rotatable bonds is 6. The molecule has 0 radical (unpaired) electrons. The highest BCUT2D eigenvalue weighted by Gasteiger charge is 2.14. The van der Waals surface area contributed by atoms with E-state index in [0.717, 1.165) is 36.1 Å². The first-order valence-corrected chi connectivity index (χ1v) is 9.58. The molecule has 0 spiro atoms. The first-order chi connectivity index (χ1) is 12.9. The highest BCUT2D eigenvalue weighted by atomic mass is 35.5. The Balaban J connectivity index is 1.88. The minimum atomic E-state index is -0.315. The van der Waals surface area contributed by atoms with Gasteiger partial charge in [0, 0.05) is 47.4 Å². The third kappa shape index (κ3) is 4.52. The molecule has 0 aliphatic rings. The van der Waals surface area contributed by atoms with Crippen molar-refractivity contribution >= 4 is 28.3 Å². The smallest absolute Gasteiger partial charge is 0.336 e. The van der Waals surface area contributed by atoms with Crippen molar-refractivity contribution in [3.8, 4) is 0 Å². The molecule has 0 fully saturated rings. The van der Waals surface area contributed by atoms with Crippen LogP contribution in [-0.4, -0.2) is 20.6 Å². The van der Waals surface area contributed by atoms with Gasteiger partial charge in [0.2, 0.25) is 0 Å². The van der Waals surface area contributed by atoms with Gasteiger partial charge in [-0.3, -0.25) is 0 Å². The fourth-order valence-corrected chi connectivity index (χ4v) is 3.44. The average molecular weight is 386 g/mol. The van der Waals surface area contributed by atoms with E-state index in [1.54, 1.807) is 6.07 Å². The Morgan fingerprint density at radius 1 is 1.07 bits per heavy atom. The lowest BCUT2D eigenvalue weighted by atomic mass is 10.1. The van der Waals surface area contributed by atoms with Crippen molar-refractivity contribution < 1.29 is 9.32 Å². The molecule has 142 valence electrons. The maximum Gasteiger partial charge on any atom is 0.336 e. The van der Waals surface area contributed by atoms with Crippen molar-refractivity contribution in [2.24, 2.45) is 0 Å². The number of hydrogen-bond acceptors (Lipinski definition) is 3. The molecule has 1 N–H and O–H groups in total. The van der Waals surface area contributed by atoms with Crippen LogP contribution in [0.3, 0.4) is 0 Å². The van der Waals surface area contributed by atoms with Crippen molar-refractivity contribution in [1.29, 1.82) is 0 Å². The largest absolute Gasteiger partial charge is 0.423 e. The number of hydrogen-bond donors (Lipinski definition) is 1. The normalized spacial score (nSPS) is 12.3. The van der Waals surface area contributed by atoms with Crippen molar-refractivity contribution in [2.45, 2.75) is 26.9 Å². The summed E-state index contributed by atoms with van der Waals surface area (Å²) in [5, 5.41) is 1.61. The van der Waals surface area contributed by atoms with Crippen LogP contribution in [0.4, 0.5) is 5.69 Å². The van der Waals surface area contributed by atoms with Gasteiger partial charge in [-0.1, -0.05) is 23.7 Å². The average Bonchev–Trinajstić information content (AvgIpc) is 2.63. The van der Waals surface area contributed by atoms with Crippen LogP contribution < -0.4 is 15.4 Å². The molecule has 3 aromatic rings. The maximum absolute atomic E-state index is 12.0. The van der Waals surface area contributed by atoms with Gasteiger partial charge in [0.05, 0.1) is 6.54 Å². The highest BCUT2D eigenvalue weighted by molar-refractivity contribution is 6.32. The zero-order chi connectivity index (χ0) is 19.6. The molecule has 1 unspecified atom stereocenters. The highest BCUT2D eigenvalue weighted by Crippen LogP contribution is 2.24. The molecule has 1 aromatic heterocycles. The Labute approximate surface area is 165 Å². The Kier molecular flexibility index (Phi) is 5.88. The van der Waals surface area contributed by atoms with E-state index in [1.807, 2.05) is 33.2 Å². The van der Waals surface area contributed by atoms with Gasteiger partial charge in [0.1, 0.15) is 18.7 Å². The lowest BCUT2D eigenvalue weighted by Gasteiger charge is -2.19. The van der Waals surface area contributed by atoms with E-state index in [1.165, 1.54) is 16.2 Å². The third-order valence-corrected chi connectivity index (χ3v) is 5.36. The van der Waals surface area contributed by atoms with E-state index in [9.17, 15) is 4.79 Å². The summed E-state index contributed by atoms with van der Waals surface area (Å²) in [5.74, 6) is 0. The standard InChI is InChI=1S/C22H25ClN2O2/c1-5-25(13-16-6-8-18(9-7-16)24(3)4)14-17-11-22(26)27-21-10-15(2)20(23)12-19(17)21/h6-12H,5,13-14H2,1-4H3/p+1. The second-order valence-corrected chi connectivity index (χ2v) is 7.61. The Morgan fingerprint density at radius 2 is 1.78 bits per heavy atom. The number of halogens is 1. The number of fused-ring (bicyclic) bond motifs is 1. The summed E-state index contributed by atoms with van der Waals surface area (Å²) in [6.45, 7) is 6.67. The summed E-state index contributed by atoms with van der Waals surface area (Å²) in [6.07, 6.45) is 0. The molecule has 0 aliphatic heterocycles. The van der Waals surface area contributed by atoms with E-state index in [0.29, 0.717) is 10.6 Å². The molecule has 0 amide bonds. The van der Waals surface area contributed by atoms with E-state index < -0.39 is 0 Å². The predicted octanol–water partition coefficient (Wildman–Crippen LogP) is 3.43. The molecule has 2 aromatic carbocycles. The zero-order valence-electron chi connectivity index (χ0n) is 16.3. The number of quaternary nitrogens is 1. The summed E-state index contributed by atoms with van der Waals surface area (Å²) in [4.78, 5) is 15.5. The molecule has 27 heavy (non-hydrogen) atoms. The van der Waals surface area contributed by atoms with Crippen LogP contribution >= 0.6 is 11.6 Å². The van der Waals surface area contributed by atoms with Gasteiger partial charge in [0.15, 0.2) is 0 Å². The Hall–Kier alpha value is -2.30. The van der Waals surface area contributed by atoms with Gasteiger partial charge < -0.3 is 14.2 Å². The summed E-state index contributed by atoms with van der Waals surface area (Å²) in [7, 11) is 4.08. The van der Waals surface area contributed by atoms with Crippen molar-refractivity contribution in [3.05, 3.63) is 74.6 Å². The molecule has 5 heteroatoms. The fourth-order valence-electron chi connectivity index (χ4n) is 3.28. The lowest BCUT2D eigenvalue weighted by molar-refractivity contribution is -0.925. The molecular formula is C22H26ClN2O2+. The van der Waals surface area contributed by atoms with E-state index >= 15 is 0 Å². The molecule has 0 saturated heterocycles. The van der Waals surface area contributed by atoms with Gasteiger partial charge in [0.25, 0.3) is 0 Å². The molecule has 1 heterocycles. The van der Waals surface area contributed by atoms with Crippen LogP contribution in [0.2, 0.25) is 5.02 Å². The van der Waals surface area contributed by atoms with Gasteiger partial charge in [-0.15, -0.1) is 0 Å². The molecule has 1 atom stereocenters. The predicted molar refractivity (Wildman–Crippen MR) is 112 cm³/mol. The summed E-state index contributed by atoms with van der Waals surface area (Å²) < 4.78 is 5.38. The lowest BCUT2D eigenvalue weighted by Crippen LogP contribution is -3.09. The van der Waals surface area contributed by atoms with Crippen LogP contribution in [0.1, 0.15) is 23.6 Å². The monoisotopic (exact) mass is 385 g/mol. The van der Waals surface area contributed by atoms with Crippen molar-refractivity contribution in [3.63, 3.8) is 0 Å². The van der Waals surface area contributed by atoms with Crippen LogP contribution in [0, 0.1) is 6.92 Å². The minimum Gasteiger partial charge on any atom is -0.423 e.